The number of aromatic nitrogens is 2. The van der Waals surface area contributed by atoms with Crippen molar-refractivity contribution in [3.63, 3.8) is 0 Å². The Hall–Kier alpha value is -2.37. The Morgan fingerprint density at radius 1 is 1.12 bits per heavy atom. The molecule has 1 aromatic heterocycles. The minimum Gasteiger partial charge on any atom is -0.317 e. The van der Waals surface area contributed by atoms with Crippen LogP contribution in [0.15, 0.2) is 48.5 Å². The van der Waals surface area contributed by atoms with Crippen molar-refractivity contribution in [3.8, 4) is 0 Å². The Bertz CT molecular complexity index is 897. The van der Waals surface area contributed by atoms with Crippen LogP contribution >= 0.6 is 11.6 Å². The van der Waals surface area contributed by atoms with Crippen LogP contribution in [0.1, 0.15) is 29.2 Å². The van der Waals surface area contributed by atoms with Crippen LogP contribution in [0.3, 0.4) is 0 Å². The number of benzene rings is 2. The van der Waals surface area contributed by atoms with Crippen LogP contribution in [0.5, 0.6) is 0 Å². The highest BCUT2D eigenvalue weighted by atomic mass is 35.5. The molecule has 0 saturated carbocycles. The maximum Gasteiger partial charge on any atom is 0.257 e. The van der Waals surface area contributed by atoms with E-state index >= 15 is 0 Å². The molecule has 4 rings (SSSR count). The highest BCUT2D eigenvalue weighted by Crippen LogP contribution is 2.29. The third kappa shape index (κ3) is 3.25. The number of carbonyl (C=O) groups is 1. The molecule has 0 spiro atoms. The van der Waals surface area contributed by atoms with Gasteiger partial charge in [-0.25, -0.2) is 4.98 Å². The van der Waals surface area contributed by atoms with Gasteiger partial charge in [-0.1, -0.05) is 23.7 Å². The first-order valence-corrected chi connectivity index (χ1v) is 8.85. The van der Waals surface area contributed by atoms with Crippen molar-refractivity contribution in [3.05, 3.63) is 59.1 Å². The van der Waals surface area contributed by atoms with E-state index in [-0.39, 0.29) is 5.91 Å². The summed E-state index contributed by atoms with van der Waals surface area (Å²) in [5, 5.41) is 6.97. The Kier molecular flexibility index (Phi) is 4.42. The second kappa shape index (κ2) is 6.86. The van der Waals surface area contributed by atoms with Gasteiger partial charge < -0.3 is 9.88 Å². The molecular formula is C19H19ClN4O. The van der Waals surface area contributed by atoms with Crippen LogP contribution in [0, 0.1) is 0 Å². The summed E-state index contributed by atoms with van der Waals surface area (Å²) in [6.07, 6.45) is 2.04. The minimum absolute atomic E-state index is 0.179. The van der Waals surface area contributed by atoms with Crippen LogP contribution in [-0.2, 0) is 0 Å². The van der Waals surface area contributed by atoms with Gasteiger partial charge in [0, 0.05) is 16.6 Å². The minimum atomic E-state index is -0.179. The second-order valence-corrected chi connectivity index (χ2v) is 6.67. The summed E-state index contributed by atoms with van der Waals surface area (Å²) in [6.45, 7) is 1.95. The molecule has 1 amide bonds. The standard InChI is InChI=1S/C19H19ClN4O/c20-14-7-5-13(6-8-14)18(25)23-19-22-16-3-1-2-4-17(16)24(19)15-9-11-21-12-10-15/h1-8,15,21H,9-12H2,(H,22,23,25). The first-order valence-electron chi connectivity index (χ1n) is 8.47. The second-order valence-electron chi connectivity index (χ2n) is 6.24. The number of rotatable bonds is 3. The molecule has 0 radical (unpaired) electrons. The normalized spacial score (nSPS) is 15.4. The van der Waals surface area contributed by atoms with Crippen LogP contribution in [0.25, 0.3) is 11.0 Å². The van der Waals surface area contributed by atoms with Gasteiger partial charge in [0.2, 0.25) is 5.95 Å². The number of piperidine rings is 1. The molecule has 1 fully saturated rings. The maximum absolute atomic E-state index is 12.6. The molecule has 1 aliphatic rings. The predicted molar refractivity (Wildman–Crippen MR) is 100 cm³/mol. The van der Waals surface area contributed by atoms with Crippen LogP contribution in [-0.4, -0.2) is 28.5 Å². The molecule has 1 aliphatic heterocycles. The lowest BCUT2D eigenvalue weighted by Crippen LogP contribution is -2.30. The number of anilines is 1. The maximum atomic E-state index is 12.6. The van der Waals surface area contributed by atoms with Gasteiger partial charge in [-0.05, 0) is 62.3 Å². The molecule has 2 heterocycles. The smallest absolute Gasteiger partial charge is 0.257 e. The first-order chi connectivity index (χ1) is 12.2. The SMILES string of the molecule is O=C(Nc1nc2ccccc2n1C1CCNCC1)c1ccc(Cl)cc1. The van der Waals surface area contributed by atoms with Gasteiger partial charge in [-0.3, -0.25) is 10.1 Å². The van der Waals surface area contributed by atoms with E-state index in [0.29, 0.717) is 22.6 Å². The molecule has 0 unspecified atom stereocenters. The van der Waals surface area contributed by atoms with Gasteiger partial charge in [0.25, 0.3) is 5.91 Å². The average molecular weight is 355 g/mol. The molecule has 3 aromatic rings. The fourth-order valence-electron chi connectivity index (χ4n) is 3.34. The lowest BCUT2D eigenvalue weighted by Gasteiger charge is -2.26. The van der Waals surface area contributed by atoms with E-state index in [4.69, 9.17) is 11.6 Å². The van der Waals surface area contributed by atoms with Gasteiger partial charge in [0.05, 0.1) is 11.0 Å². The molecule has 5 nitrogen and oxygen atoms in total. The van der Waals surface area contributed by atoms with Gasteiger partial charge >= 0.3 is 0 Å². The average Bonchev–Trinajstić information content (AvgIpc) is 3.00. The monoisotopic (exact) mass is 354 g/mol. The molecule has 2 aromatic carbocycles. The molecule has 2 N–H and O–H groups in total. The van der Waals surface area contributed by atoms with Gasteiger partial charge in [-0.15, -0.1) is 0 Å². The lowest BCUT2D eigenvalue weighted by atomic mass is 10.1. The number of para-hydroxylation sites is 2. The molecule has 0 aliphatic carbocycles. The van der Waals surface area contributed by atoms with E-state index in [9.17, 15) is 4.79 Å². The number of nitrogens with zero attached hydrogens (tertiary/aromatic N) is 2. The Morgan fingerprint density at radius 3 is 2.60 bits per heavy atom. The van der Waals surface area contributed by atoms with Gasteiger partial charge in [-0.2, -0.15) is 0 Å². The molecule has 0 atom stereocenters. The fraction of sp³-hybridized carbons (Fsp3) is 0.263. The summed E-state index contributed by atoms with van der Waals surface area (Å²) in [4.78, 5) is 17.3. The summed E-state index contributed by atoms with van der Waals surface area (Å²) in [5.41, 5.74) is 2.52. The number of hydrogen-bond acceptors (Lipinski definition) is 3. The van der Waals surface area contributed by atoms with Gasteiger partial charge in [0.15, 0.2) is 0 Å². The van der Waals surface area contributed by atoms with E-state index < -0.39 is 0 Å². The topological polar surface area (TPSA) is 59.0 Å². The lowest BCUT2D eigenvalue weighted by molar-refractivity contribution is 0.102. The van der Waals surface area contributed by atoms with Crippen molar-refractivity contribution in [1.29, 1.82) is 0 Å². The zero-order valence-electron chi connectivity index (χ0n) is 13.7. The Balaban J connectivity index is 1.70. The van der Waals surface area contributed by atoms with Crippen molar-refractivity contribution in [2.24, 2.45) is 0 Å². The van der Waals surface area contributed by atoms with E-state index in [1.54, 1.807) is 24.3 Å². The van der Waals surface area contributed by atoms with Crippen molar-refractivity contribution in [2.75, 3.05) is 18.4 Å². The molecule has 0 bridgehead atoms. The Morgan fingerprint density at radius 2 is 1.84 bits per heavy atom. The number of halogens is 1. The van der Waals surface area contributed by atoms with Crippen molar-refractivity contribution in [1.82, 2.24) is 14.9 Å². The van der Waals surface area contributed by atoms with Gasteiger partial charge in [0.1, 0.15) is 0 Å². The summed E-state index contributed by atoms with van der Waals surface area (Å²) in [6, 6.07) is 15.2. The number of nitrogens with one attached hydrogen (secondary N) is 2. The highest BCUT2D eigenvalue weighted by molar-refractivity contribution is 6.30. The van der Waals surface area contributed by atoms with E-state index in [0.717, 1.165) is 37.0 Å². The third-order valence-electron chi connectivity index (χ3n) is 4.60. The molecule has 128 valence electrons. The Labute approximate surface area is 151 Å². The number of amides is 1. The number of imidazole rings is 1. The molecule has 1 saturated heterocycles. The fourth-order valence-corrected chi connectivity index (χ4v) is 3.47. The van der Waals surface area contributed by atoms with E-state index in [2.05, 4.69) is 26.3 Å². The van der Waals surface area contributed by atoms with Crippen LogP contribution < -0.4 is 10.6 Å². The summed E-state index contributed by atoms with van der Waals surface area (Å²) in [5.74, 6) is 0.426. The largest absolute Gasteiger partial charge is 0.317 e. The molecule has 25 heavy (non-hydrogen) atoms. The van der Waals surface area contributed by atoms with Crippen LogP contribution in [0.4, 0.5) is 5.95 Å². The van der Waals surface area contributed by atoms with Crippen molar-refractivity contribution < 1.29 is 4.79 Å². The molecular weight excluding hydrogens is 336 g/mol. The van der Waals surface area contributed by atoms with Crippen molar-refractivity contribution >= 4 is 34.5 Å². The first kappa shape index (κ1) is 16.1. The van der Waals surface area contributed by atoms with E-state index in [1.165, 1.54) is 0 Å². The number of hydrogen-bond donors (Lipinski definition) is 2. The highest BCUT2D eigenvalue weighted by Gasteiger charge is 2.22. The molecule has 6 heteroatoms. The van der Waals surface area contributed by atoms with Crippen LogP contribution in [0.2, 0.25) is 5.02 Å². The third-order valence-corrected chi connectivity index (χ3v) is 4.85. The predicted octanol–water partition coefficient (Wildman–Crippen LogP) is 3.87. The quantitative estimate of drug-likeness (QED) is 0.750. The zero-order valence-corrected chi connectivity index (χ0v) is 14.5. The summed E-state index contributed by atoms with van der Waals surface area (Å²) in [7, 11) is 0. The summed E-state index contributed by atoms with van der Waals surface area (Å²) < 4.78 is 2.17. The van der Waals surface area contributed by atoms with E-state index in [1.807, 2.05) is 18.2 Å². The number of carbonyl (C=O) groups excluding carboxylic acids is 1. The summed E-state index contributed by atoms with van der Waals surface area (Å²) >= 11 is 5.90. The number of fused-ring (bicyclic) bond motifs is 1. The zero-order chi connectivity index (χ0) is 17.2. The van der Waals surface area contributed by atoms with Crippen molar-refractivity contribution in [2.45, 2.75) is 18.9 Å².